The number of H-pyrrole nitrogens is 1. The normalized spacial score (nSPS) is 16.0. The SMILES string of the molecule is CC[C@H](Oc1cccc2c(CCNC[C@H](O)c3cccnc3)c[nH]c12)C(=O)N1CCOCC1. The number of ether oxygens (including phenoxy) is 2. The Labute approximate surface area is 193 Å². The number of aliphatic hydroxyl groups excluding tert-OH is 1. The zero-order valence-electron chi connectivity index (χ0n) is 19.0. The maximum absolute atomic E-state index is 12.9. The molecule has 1 aliphatic rings. The molecule has 0 unspecified atom stereocenters. The number of hydrogen-bond acceptors (Lipinski definition) is 6. The summed E-state index contributed by atoms with van der Waals surface area (Å²) in [4.78, 5) is 22.1. The first-order chi connectivity index (χ1) is 16.2. The van der Waals surface area contributed by atoms with Crippen LogP contribution < -0.4 is 10.1 Å². The van der Waals surface area contributed by atoms with Gasteiger partial charge in [0.15, 0.2) is 6.10 Å². The third-order valence-corrected chi connectivity index (χ3v) is 5.98. The molecule has 0 spiro atoms. The summed E-state index contributed by atoms with van der Waals surface area (Å²) in [6.07, 6.45) is 5.66. The lowest BCUT2D eigenvalue weighted by Crippen LogP contribution is -2.47. The number of aromatic nitrogens is 2. The minimum absolute atomic E-state index is 0.0148. The van der Waals surface area contributed by atoms with Crippen molar-refractivity contribution >= 4 is 16.8 Å². The van der Waals surface area contributed by atoms with E-state index in [4.69, 9.17) is 9.47 Å². The lowest BCUT2D eigenvalue weighted by Gasteiger charge is -2.30. The molecule has 1 saturated heterocycles. The molecule has 8 heteroatoms. The van der Waals surface area contributed by atoms with Gasteiger partial charge in [-0.1, -0.05) is 25.1 Å². The van der Waals surface area contributed by atoms with E-state index in [0.29, 0.717) is 45.0 Å². The summed E-state index contributed by atoms with van der Waals surface area (Å²) in [5.74, 6) is 0.702. The summed E-state index contributed by atoms with van der Waals surface area (Å²) in [6.45, 7) is 5.52. The number of benzene rings is 1. The number of aromatic amines is 1. The van der Waals surface area contributed by atoms with Gasteiger partial charge in [0, 0.05) is 49.2 Å². The van der Waals surface area contributed by atoms with Crippen LogP contribution in [0.5, 0.6) is 5.75 Å². The van der Waals surface area contributed by atoms with Crippen molar-refractivity contribution in [2.45, 2.75) is 32.0 Å². The van der Waals surface area contributed by atoms with Gasteiger partial charge in [-0.2, -0.15) is 0 Å². The topological polar surface area (TPSA) is 99.7 Å². The molecule has 0 radical (unpaired) electrons. The first-order valence-corrected chi connectivity index (χ1v) is 11.6. The van der Waals surface area contributed by atoms with Gasteiger partial charge >= 0.3 is 0 Å². The van der Waals surface area contributed by atoms with E-state index in [1.165, 1.54) is 0 Å². The summed E-state index contributed by atoms with van der Waals surface area (Å²) in [5.41, 5.74) is 2.86. The van der Waals surface area contributed by atoms with Gasteiger partial charge in [-0.3, -0.25) is 9.78 Å². The van der Waals surface area contributed by atoms with Gasteiger partial charge in [-0.25, -0.2) is 0 Å². The highest BCUT2D eigenvalue weighted by Gasteiger charge is 2.26. The van der Waals surface area contributed by atoms with Gasteiger partial charge in [-0.05, 0) is 37.1 Å². The predicted octanol–water partition coefficient (Wildman–Crippen LogP) is 2.44. The van der Waals surface area contributed by atoms with Crippen molar-refractivity contribution in [2.75, 3.05) is 39.4 Å². The van der Waals surface area contributed by atoms with E-state index in [0.717, 1.165) is 35.0 Å². The second-order valence-electron chi connectivity index (χ2n) is 8.20. The smallest absolute Gasteiger partial charge is 0.263 e. The number of hydrogen-bond donors (Lipinski definition) is 3. The first kappa shape index (κ1) is 23.2. The number of pyridine rings is 1. The Hall–Kier alpha value is -2.94. The highest BCUT2D eigenvalue weighted by Crippen LogP contribution is 2.29. The predicted molar refractivity (Wildman–Crippen MR) is 126 cm³/mol. The molecule has 3 N–H and O–H groups in total. The molecule has 3 aromatic rings. The van der Waals surface area contributed by atoms with Crippen LogP contribution in [0.2, 0.25) is 0 Å². The lowest BCUT2D eigenvalue weighted by molar-refractivity contribution is -0.142. The Balaban J connectivity index is 1.36. The third kappa shape index (κ3) is 5.71. The minimum atomic E-state index is -0.586. The summed E-state index contributed by atoms with van der Waals surface area (Å²) < 4.78 is 11.5. The molecular formula is C25H32N4O4. The van der Waals surface area contributed by atoms with Crippen LogP contribution in [0.1, 0.15) is 30.6 Å². The molecule has 0 bridgehead atoms. The van der Waals surface area contributed by atoms with Gasteiger partial charge in [0.2, 0.25) is 0 Å². The standard InChI is InChI=1S/C25H32N4O4/c1-2-22(25(31)29-11-13-32-14-12-29)33-23-7-3-6-20-18(16-28-24(20)23)8-10-27-17-21(30)19-5-4-9-26-15-19/h3-7,9,15-16,21-22,27-28,30H,2,8,10-14,17H2,1H3/t21-,22-/m0/s1. The number of rotatable bonds is 10. The Bertz CT molecular complexity index is 1030. The van der Waals surface area contributed by atoms with E-state index >= 15 is 0 Å². The van der Waals surface area contributed by atoms with Crippen molar-refractivity contribution in [1.82, 2.24) is 20.2 Å². The summed E-state index contributed by atoms with van der Waals surface area (Å²) in [6, 6.07) is 9.61. The van der Waals surface area contributed by atoms with Gasteiger partial charge in [0.25, 0.3) is 5.91 Å². The number of carbonyl (C=O) groups excluding carboxylic acids is 1. The van der Waals surface area contributed by atoms with Crippen molar-refractivity contribution in [2.24, 2.45) is 0 Å². The number of carbonyl (C=O) groups is 1. The molecule has 1 fully saturated rings. The summed E-state index contributed by atoms with van der Waals surface area (Å²) in [5, 5.41) is 14.7. The quantitative estimate of drug-likeness (QED) is 0.409. The van der Waals surface area contributed by atoms with Crippen molar-refractivity contribution in [3.63, 3.8) is 0 Å². The number of amides is 1. The summed E-state index contributed by atoms with van der Waals surface area (Å²) in [7, 11) is 0. The highest BCUT2D eigenvalue weighted by atomic mass is 16.5. The van der Waals surface area contributed by atoms with Crippen LogP contribution in [0.15, 0.2) is 48.9 Å². The van der Waals surface area contributed by atoms with Gasteiger partial charge in [0.1, 0.15) is 5.75 Å². The van der Waals surface area contributed by atoms with E-state index in [1.54, 1.807) is 12.4 Å². The van der Waals surface area contributed by atoms with E-state index < -0.39 is 12.2 Å². The molecule has 3 heterocycles. The van der Waals surface area contributed by atoms with Gasteiger partial charge in [-0.15, -0.1) is 0 Å². The van der Waals surface area contributed by atoms with Crippen LogP contribution >= 0.6 is 0 Å². The number of nitrogens with one attached hydrogen (secondary N) is 2. The van der Waals surface area contributed by atoms with E-state index in [9.17, 15) is 9.90 Å². The zero-order chi connectivity index (χ0) is 23.0. The Morgan fingerprint density at radius 1 is 1.30 bits per heavy atom. The fourth-order valence-corrected chi connectivity index (χ4v) is 4.09. The molecule has 176 valence electrons. The third-order valence-electron chi connectivity index (χ3n) is 5.98. The second kappa shape index (κ2) is 11.3. The largest absolute Gasteiger partial charge is 0.478 e. The molecule has 0 aliphatic carbocycles. The second-order valence-corrected chi connectivity index (χ2v) is 8.20. The fourth-order valence-electron chi connectivity index (χ4n) is 4.09. The highest BCUT2D eigenvalue weighted by molar-refractivity contribution is 5.89. The number of nitrogens with zero attached hydrogens (tertiary/aromatic N) is 2. The van der Waals surface area contributed by atoms with Crippen molar-refractivity contribution in [3.8, 4) is 5.75 Å². The van der Waals surface area contributed by atoms with Crippen molar-refractivity contribution < 1.29 is 19.4 Å². The lowest BCUT2D eigenvalue weighted by atomic mass is 10.1. The van der Waals surface area contributed by atoms with Gasteiger partial charge in [0.05, 0.1) is 24.8 Å². The molecular weight excluding hydrogens is 420 g/mol. The van der Waals surface area contributed by atoms with Crippen molar-refractivity contribution in [3.05, 3.63) is 60.0 Å². The average molecular weight is 453 g/mol. The molecule has 2 aromatic heterocycles. The van der Waals surface area contributed by atoms with Crippen molar-refractivity contribution in [1.29, 1.82) is 0 Å². The maximum atomic E-state index is 12.9. The number of morpholine rings is 1. The summed E-state index contributed by atoms with van der Waals surface area (Å²) >= 11 is 0. The number of fused-ring (bicyclic) bond motifs is 1. The molecule has 2 atom stereocenters. The average Bonchev–Trinajstić information content (AvgIpc) is 3.29. The van der Waals surface area contributed by atoms with E-state index in [-0.39, 0.29) is 5.91 Å². The fraction of sp³-hybridized carbons (Fsp3) is 0.440. The van der Waals surface area contributed by atoms with Crippen LogP contribution in [0, 0.1) is 0 Å². The molecule has 4 rings (SSSR count). The molecule has 1 amide bonds. The number of para-hydroxylation sites is 1. The van der Waals surface area contributed by atoms with Gasteiger partial charge < -0.3 is 29.8 Å². The Morgan fingerprint density at radius 3 is 2.91 bits per heavy atom. The first-order valence-electron chi connectivity index (χ1n) is 11.6. The van der Waals surface area contributed by atoms with E-state index in [1.807, 2.05) is 42.3 Å². The Morgan fingerprint density at radius 2 is 2.15 bits per heavy atom. The number of aliphatic hydroxyl groups is 1. The minimum Gasteiger partial charge on any atom is -0.478 e. The molecule has 1 aliphatic heterocycles. The van der Waals surface area contributed by atoms with Crippen LogP contribution in [0.25, 0.3) is 10.9 Å². The van der Waals surface area contributed by atoms with Crippen LogP contribution in [0.4, 0.5) is 0 Å². The molecule has 33 heavy (non-hydrogen) atoms. The monoisotopic (exact) mass is 452 g/mol. The Kier molecular flexibility index (Phi) is 7.93. The zero-order valence-corrected chi connectivity index (χ0v) is 19.0. The maximum Gasteiger partial charge on any atom is 0.263 e. The van der Waals surface area contributed by atoms with Crippen LogP contribution in [-0.4, -0.2) is 71.4 Å². The molecule has 8 nitrogen and oxygen atoms in total. The van der Waals surface area contributed by atoms with Crippen LogP contribution in [-0.2, 0) is 16.0 Å². The molecule has 0 saturated carbocycles. The van der Waals surface area contributed by atoms with Crippen LogP contribution in [0.3, 0.4) is 0 Å². The van der Waals surface area contributed by atoms with E-state index in [2.05, 4.69) is 21.4 Å². The molecule has 1 aromatic carbocycles.